The summed E-state index contributed by atoms with van der Waals surface area (Å²) < 4.78 is 31.8. The quantitative estimate of drug-likeness (QED) is 0.839. The molecule has 1 heterocycles. The summed E-state index contributed by atoms with van der Waals surface area (Å²) in [5.74, 6) is 0. The van der Waals surface area contributed by atoms with Gasteiger partial charge in [-0.15, -0.1) is 0 Å². The molecule has 0 spiro atoms. The van der Waals surface area contributed by atoms with Crippen LogP contribution in [0.2, 0.25) is 0 Å². The standard InChI is InChI=1S/C10H10BrN3O3S/c1-6-9(12)2-7(11)3-10(6)18(15,16)14-8-4-13-17-5-8/h2-5,14H,12H2,1H3. The van der Waals surface area contributed by atoms with Gasteiger partial charge in [0, 0.05) is 10.2 Å². The summed E-state index contributed by atoms with van der Waals surface area (Å²) in [6.45, 7) is 1.64. The summed E-state index contributed by atoms with van der Waals surface area (Å²) in [7, 11) is -3.72. The van der Waals surface area contributed by atoms with Crippen LogP contribution in [0.5, 0.6) is 0 Å². The minimum Gasteiger partial charge on any atom is -0.398 e. The Kier molecular flexibility index (Phi) is 3.31. The van der Waals surface area contributed by atoms with E-state index in [2.05, 4.69) is 30.3 Å². The number of nitrogen functional groups attached to an aromatic ring is 1. The van der Waals surface area contributed by atoms with E-state index in [1.54, 1.807) is 13.0 Å². The van der Waals surface area contributed by atoms with Gasteiger partial charge in [0.2, 0.25) is 0 Å². The highest BCUT2D eigenvalue weighted by Crippen LogP contribution is 2.27. The predicted octanol–water partition coefficient (Wildman–Crippen LogP) is 2.13. The van der Waals surface area contributed by atoms with Crippen molar-refractivity contribution >= 4 is 37.3 Å². The number of rotatable bonds is 3. The number of nitrogens with zero attached hydrogens (tertiary/aromatic N) is 1. The van der Waals surface area contributed by atoms with Crippen LogP contribution in [-0.4, -0.2) is 13.6 Å². The molecule has 0 bridgehead atoms. The van der Waals surface area contributed by atoms with Crippen molar-refractivity contribution in [2.45, 2.75) is 11.8 Å². The number of nitrogens with one attached hydrogen (secondary N) is 1. The molecule has 0 aliphatic heterocycles. The second kappa shape index (κ2) is 4.62. The SMILES string of the molecule is Cc1c(N)cc(Br)cc1S(=O)(=O)Nc1cnoc1. The molecule has 0 fully saturated rings. The molecule has 1 aromatic carbocycles. The van der Waals surface area contributed by atoms with E-state index in [0.717, 1.165) is 0 Å². The van der Waals surface area contributed by atoms with Crippen molar-refractivity contribution in [1.82, 2.24) is 5.16 Å². The Bertz CT molecular complexity index is 668. The maximum atomic E-state index is 12.2. The van der Waals surface area contributed by atoms with Gasteiger partial charge in [-0.25, -0.2) is 8.42 Å². The first-order chi connectivity index (χ1) is 8.40. The summed E-state index contributed by atoms with van der Waals surface area (Å²) in [5, 5.41) is 3.42. The molecule has 0 aliphatic rings. The van der Waals surface area contributed by atoms with Gasteiger partial charge in [-0.05, 0) is 24.6 Å². The van der Waals surface area contributed by atoms with Crippen LogP contribution in [0.1, 0.15) is 5.56 Å². The monoisotopic (exact) mass is 331 g/mol. The van der Waals surface area contributed by atoms with Crippen molar-refractivity contribution < 1.29 is 12.9 Å². The number of nitrogens with two attached hydrogens (primary N) is 1. The fraction of sp³-hybridized carbons (Fsp3) is 0.100. The fourth-order valence-electron chi connectivity index (χ4n) is 1.42. The van der Waals surface area contributed by atoms with Crippen molar-refractivity contribution in [2.24, 2.45) is 0 Å². The number of hydrogen-bond donors (Lipinski definition) is 2. The highest BCUT2D eigenvalue weighted by molar-refractivity contribution is 9.10. The van der Waals surface area contributed by atoms with Gasteiger partial charge < -0.3 is 10.3 Å². The van der Waals surface area contributed by atoms with E-state index in [1.807, 2.05) is 0 Å². The first kappa shape index (κ1) is 12.9. The normalized spacial score (nSPS) is 11.4. The van der Waals surface area contributed by atoms with E-state index < -0.39 is 10.0 Å². The summed E-state index contributed by atoms with van der Waals surface area (Å²) in [4.78, 5) is 0.107. The molecule has 0 radical (unpaired) electrons. The highest BCUT2D eigenvalue weighted by Gasteiger charge is 2.19. The highest BCUT2D eigenvalue weighted by atomic mass is 79.9. The van der Waals surface area contributed by atoms with Crippen LogP contribution >= 0.6 is 15.9 Å². The number of anilines is 2. The number of hydrogen-bond acceptors (Lipinski definition) is 5. The van der Waals surface area contributed by atoms with Crippen LogP contribution in [0.3, 0.4) is 0 Å². The molecule has 18 heavy (non-hydrogen) atoms. The smallest absolute Gasteiger partial charge is 0.262 e. The van der Waals surface area contributed by atoms with Gasteiger partial charge in [-0.1, -0.05) is 21.1 Å². The molecule has 1 aromatic heterocycles. The van der Waals surface area contributed by atoms with Gasteiger partial charge in [0.05, 0.1) is 11.1 Å². The average Bonchev–Trinajstić information content (AvgIpc) is 2.75. The first-order valence-electron chi connectivity index (χ1n) is 4.88. The molecule has 2 rings (SSSR count). The van der Waals surface area contributed by atoms with Crippen LogP contribution in [0.15, 0.2) is 38.5 Å². The molecule has 8 heteroatoms. The Morgan fingerprint density at radius 3 is 2.78 bits per heavy atom. The lowest BCUT2D eigenvalue weighted by Crippen LogP contribution is -2.14. The van der Waals surface area contributed by atoms with Crippen molar-refractivity contribution in [3.05, 3.63) is 34.6 Å². The topological polar surface area (TPSA) is 98.2 Å². The zero-order valence-corrected chi connectivity index (χ0v) is 11.7. The van der Waals surface area contributed by atoms with E-state index in [4.69, 9.17) is 5.73 Å². The van der Waals surface area contributed by atoms with Gasteiger partial charge in [0.15, 0.2) is 0 Å². The number of sulfonamides is 1. The Morgan fingerprint density at radius 1 is 1.44 bits per heavy atom. The summed E-state index contributed by atoms with van der Waals surface area (Å²) in [6, 6.07) is 3.13. The molecule has 3 N–H and O–H groups in total. The van der Waals surface area contributed by atoms with E-state index in [-0.39, 0.29) is 10.6 Å². The van der Waals surface area contributed by atoms with Crippen molar-refractivity contribution in [2.75, 3.05) is 10.5 Å². The first-order valence-corrected chi connectivity index (χ1v) is 7.15. The van der Waals surface area contributed by atoms with Gasteiger partial charge in [0.25, 0.3) is 10.0 Å². The Morgan fingerprint density at radius 2 is 2.17 bits per heavy atom. The van der Waals surface area contributed by atoms with Crippen LogP contribution < -0.4 is 10.5 Å². The van der Waals surface area contributed by atoms with Gasteiger partial charge in [-0.3, -0.25) is 4.72 Å². The third kappa shape index (κ3) is 2.49. The molecular weight excluding hydrogens is 322 g/mol. The summed E-state index contributed by atoms with van der Waals surface area (Å²) >= 11 is 3.21. The number of aromatic nitrogens is 1. The molecule has 0 saturated heterocycles. The lowest BCUT2D eigenvalue weighted by molar-refractivity contribution is 0.420. The third-order valence-electron chi connectivity index (χ3n) is 2.34. The largest absolute Gasteiger partial charge is 0.398 e. The van der Waals surface area contributed by atoms with Crippen LogP contribution in [0, 0.1) is 6.92 Å². The summed E-state index contributed by atoms with van der Waals surface area (Å²) in [5.41, 5.74) is 6.88. The maximum Gasteiger partial charge on any atom is 0.262 e. The van der Waals surface area contributed by atoms with E-state index in [0.29, 0.717) is 15.7 Å². The van der Waals surface area contributed by atoms with Gasteiger partial charge >= 0.3 is 0 Å². The second-order valence-electron chi connectivity index (χ2n) is 3.64. The number of halogens is 1. The van der Waals surface area contributed by atoms with E-state index in [9.17, 15) is 8.42 Å². The molecular formula is C10H10BrN3O3S. The van der Waals surface area contributed by atoms with Crippen LogP contribution in [0.25, 0.3) is 0 Å². The Balaban J connectivity index is 2.48. The molecule has 6 nitrogen and oxygen atoms in total. The minimum atomic E-state index is -3.72. The van der Waals surface area contributed by atoms with Gasteiger partial charge in [-0.2, -0.15) is 0 Å². The average molecular weight is 332 g/mol. The van der Waals surface area contributed by atoms with Crippen molar-refractivity contribution in [1.29, 1.82) is 0 Å². The molecule has 0 atom stereocenters. The molecule has 0 saturated carbocycles. The molecule has 0 unspecified atom stereocenters. The zero-order valence-electron chi connectivity index (χ0n) is 9.34. The third-order valence-corrected chi connectivity index (χ3v) is 4.30. The van der Waals surface area contributed by atoms with Crippen LogP contribution in [-0.2, 0) is 10.0 Å². The van der Waals surface area contributed by atoms with Crippen molar-refractivity contribution in [3.63, 3.8) is 0 Å². The zero-order chi connectivity index (χ0) is 13.3. The number of benzene rings is 1. The Labute approximate surface area is 112 Å². The van der Waals surface area contributed by atoms with E-state index in [1.165, 1.54) is 18.5 Å². The maximum absolute atomic E-state index is 12.2. The molecule has 96 valence electrons. The molecule has 0 aliphatic carbocycles. The fourth-order valence-corrected chi connectivity index (χ4v) is 3.37. The molecule has 2 aromatic rings. The Hall–Kier alpha value is -1.54. The van der Waals surface area contributed by atoms with Crippen molar-refractivity contribution in [3.8, 4) is 0 Å². The molecule has 0 amide bonds. The van der Waals surface area contributed by atoms with Crippen LogP contribution in [0.4, 0.5) is 11.4 Å². The lowest BCUT2D eigenvalue weighted by atomic mass is 10.2. The lowest BCUT2D eigenvalue weighted by Gasteiger charge is -2.11. The second-order valence-corrected chi connectivity index (χ2v) is 6.20. The summed E-state index contributed by atoms with van der Waals surface area (Å²) in [6.07, 6.45) is 2.47. The van der Waals surface area contributed by atoms with E-state index >= 15 is 0 Å². The van der Waals surface area contributed by atoms with Gasteiger partial charge in [0.1, 0.15) is 12.0 Å². The minimum absolute atomic E-state index is 0.107. The predicted molar refractivity (Wildman–Crippen MR) is 70.6 cm³/mol.